The maximum Gasteiger partial charge on any atom is 0.306 e. The molecule has 4 aliphatic carbocycles. The molecule has 7 unspecified atom stereocenters. The minimum absolute atomic E-state index is 0.0209. The standard InChI is InChI=1S/C31H48O6/c1-18-9-14-31(35-17-18)19(2)28-25(37-31)16-24-22-6-5-20-15-21(36-27(34)8-7-26(32)33)10-12-29(20,3)23(22)11-13-30(24,28)4/h18-25,28H,5-17H2,1-4H3,(H,32,33)/t18?,19-,20-,21?,22?,23?,24?,25?,28?,29-,30-,31+/m0/s1. The molecule has 0 aromatic rings. The van der Waals surface area contributed by atoms with Gasteiger partial charge in [-0.2, -0.15) is 0 Å². The summed E-state index contributed by atoms with van der Waals surface area (Å²) in [5, 5.41) is 8.87. The van der Waals surface area contributed by atoms with Gasteiger partial charge in [0.25, 0.3) is 0 Å². The number of ether oxygens (including phenoxy) is 3. The van der Waals surface area contributed by atoms with Crippen LogP contribution in [0.25, 0.3) is 0 Å². The molecule has 6 rings (SSSR count). The highest BCUT2D eigenvalue weighted by atomic mass is 16.7. The second kappa shape index (κ2) is 9.21. The third-order valence-corrected chi connectivity index (χ3v) is 12.7. The predicted octanol–water partition coefficient (Wildman–Crippen LogP) is 6.21. The van der Waals surface area contributed by atoms with Crippen LogP contribution < -0.4 is 0 Å². The zero-order chi connectivity index (χ0) is 26.2. The van der Waals surface area contributed by atoms with Crippen molar-refractivity contribution < 1.29 is 28.9 Å². The lowest BCUT2D eigenvalue weighted by atomic mass is 9.44. The van der Waals surface area contributed by atoms with Crippen molar-refractivity contribution in [2.45, 2.75) is 123 Å². The summed E-state index contributed by atoms with van der Waals surface area (Å²) < 4.78 is 19.2. The van der Waals surface area contributed by atoms with Crippen molar-refractivity contribution in [1.82, 2.24) is 0 Å². The van der Waals surface area contributed by atoms with Gasteiger partial charge in [0.1, 0.15) is 6.10 Å². The first kappa shape index (κ1) is 26.1. The van der Waals surface area contributed by atoms with Crippen molar-refractivity contribution in [2.75, 3.05) is 6.61 Å². The minimum atomic E-state index is -0.942. The van der Waals surface area contributed by atoms with Gasteiger partial charge in [0.15, 0.2) is 5.79 Å². The van der Waals surface area contributed by atoms with Gasteiger partial charge in [0.05, 0.1) is 25.6 Å². The highest BCUT2D eigenvalue weighted by molar-refractivity contribution is 5.76. The zero-order valence-electron chi connectivity index (χ0n) is 23.4. The summed E-state index contributed by atoms with van der Waals surface area (Å²) in [6, 6.07) is 0. The maximum atomic E-state index is 12.2. The van der Waals surface area contributed by atoms with Crippen LogP contribution in [-0.4, -0.2) is 41.6 Å². The van der Waals surface area contributed by atoms with Gasteiger partial charge < -0.3 is 19.3 Å². The molecular weight excluding hydrogens is 468 g/mol. The highest BCUT2D eigenvalue weighted by Gasteiger charge is 2.69. The second-order valence-electron chi connectivity index (χ2n) is 14.5. The van der Waals surface area contributed by atoms with Gasteiger partial charge >= 0.3 is 11.9 Å². The fourth-order valence-corrected chi connectivity index (χ4v) is 10.8. The van der Waals surface area contributed by atoms with E-state index in [9.17, 15) is 9.59 Å². The molecule has 6 aliphatic rings. The van der Waals surface area contributed by atoms with Crippen molar-refractivity contribution in [3.8, 4) is 0 Å². The third-order valence-electron chi connectivity index (χ3n) is 12.7. The molecule has 12 atom stereocenters. The molecule has 2 heterocycles. The van der Waals surface area contributed by atoms with Gasteiger partial charge in [-0.1, -0.05) is 27.7 Å². The number of hydrogen-bond acceptors (Lipinski definition) is 5. The predicted molar refractivity (Wildman–Crippen MR) is 138 cm³/mol. The Balaban J connectivity index is 1.13. The summed E-state index contributed by atoms with van der Waals surface area (Å²) in [5.41, 5.74) is 0.670. The smallest absolute Gasteiger partial charge is 0.306 e. The molecule has 1 spiro atoms. The number of carboxylic acid groups (broad SMARTS) is 1. The molecule has 0 amide bonds. The fraction of sp³-hybridized carbons (Fsp3) is 0.935. The number of esters is 1. The average molecular weight is 517 g/mol. The van der Waals surface area contributed by atoms with Gasteiger partial charge in [0, 0.05) is 12.3 Å². The summed E-state index contributed by atoms with van der Waals surface area (Å²) in [6.07, 6.45) is 11.7. The Morgan fingerprint density at radius 3 is 2.43 bits per heavy atom. The number of hydrogen-bond donors (Lipinski definition) is 1. The van der Waals surface area contributed by atoms with Crippen LogP contribution in [0.3, 0.4) is 0 Å². The van der Waals surface area contributed by atoms with Crippen LogP contribution in [0.15, 0.2) is 0 Å². The molecule has 0 bridgehead atoms. The first-order valence-electron chi connectivity index (χ1n) is 15.3. The molecule has 2 aliphatic heterocycles. The number of aliphatic carboxylic acids is 1. The molecule has 6 fully saturated rings. The quantitative estimate of drug-likeness (QED) is 0.448. The lowest BCUT2D eigenvalue weighted by Gasteiger charge is -2.61. The van der Waals surface area contributed by atoms with Gasteiger partial charge in [-0.3, -0.25) is 9.59 Å². The Morgan fingerprint density at radius 1 is 0.919 bits per heavy atom. The summed E-state index contributed by atoms with van der Waals surface area (Å²) >= 11 is 0. The summed E-state index contributed by atoms with van der Waals surface area (Å²) in [6.45, 7) is 10.7. The van der Waals surface area contributed by atoms with E-state index in [1.165, 1.54) is 38.5 Å². The van der Waals surface area contributed by atoms with Crippen LogP contribution in [0.2, 0.25) is 0 Å². The molecule has 208 valence electrons. The van der Waals surface area contributed by atoms with Crippen LogP contribution in [0.5, 0.6) is 0 Å². The number of carboxylic acids is 1. The second-order valence-corrected chi connectivity index (χ2v) is 14.5. The number of carbonyl (C=O) groups is 2. The molecule has 2 saturated heterocycles. The van der Waals surface area contributed by atoms with E-state index in [4.69, 9.17) is 19.3 Å². The Hall–Kier alpha value is -1.14. The van der Waals surface area contributed by atoms with E-state index in [0.29, 0.717) is 40.6 Å². The first-order valence-corrected chi connectivity index (χ1v) is 15.3. The monoisotopic (exact) mass is 516 g/mol. The molecule has 6 heteroatoms. The van der Waals surface area contributed by atoms with Crippen LogP contribution in [0.4, 0.5) is 0 Å². The Labute approximate surface area is 222 Å². The topological polar surface area (TPSA) is 82.1 Å². The average Bonchev–Trinajstić information content (AvgIpc) is 3.30. The Kier molecular flexibility index (Phi) is 6.50. The van der Waals surface area contributed by atoms with Crippen molar-refractivity contribution in [2.24, 2.45) is 52.3 Å². The Bertz CT molecular complexity index is 909. The normalized spacial score (nSPS) is 52.6. The van der Waals surface area contributed by atoms with E-state index in [-0.39, 0.29) is 30.7 Å². The lowest BCUT2D eigenvalue weighted by molar-refractivity contribution is -0.273. The van der Waals surface area contributed by atoms with Crippen molar-refractivity contribution >= 4 is 11.9 Å². The number of carbonyl (C=O) groups excluding carboxylic acids is 1. The maximum absolute atomic E-state index is 12.2. The first-order chi connectivity index (χ1) is 17.6. The SMILES string of the molecule is CC1CC[C@@]2(OC1)OC1CC3C4CC[C@H]5CC(OC(=O)CCC(=O)O)CC[C@]5(C)C4CC[C@]3(C)C1[C@@H]2C. The van der Waals surface area contributed by atoms with Crippen molar-refractivity contribution in [3.63, 3.8) is 0 Å². The van der Waals surface area contributed by atoms with Crippen LogP contribution in [0, 0.1) is 52.3 Å². The van der Waals surface area contributed by atoms with Gasteiger partial charge in [0.2, 0.25) is 0 Å². The minimum Gasteiger partial charge on any atom is -0.481 e. The van der Waals surface area contributed by atoms with Gasteiger partial charge in [-0.15, -0.1) is 0 Å². The van der Waals surface area contributed by atoms with Crippen LogP contribution >= 0.6 is 0 Å². The van der Waals surface area contributed by atoms with Gasteiger partial charge in [-0.05, 0) is 104 Å². The molecule has 4 saturated carbocycles. The molecule has 0 aromatic carbocycles. The largest absolute Gasteiger partial charge is 0.481 e. The molecule has 1 N–H and O–H groups in total. The van der Waals surface area contributed by atoms with Crippen LogP contribution in [-0.2, 0) is 23.8 Å². The third kappa shape index (κ3) is 4.10. The molecule has 0 radical (unpaired) electrons. The zero-order valence-corrected chi connectivity index (χ0v) is 23.4. The number of rotatable bonds is 4. The number of fused-ring (bicyclic) bond motifs is 7. The molecular formula is C31H48O6. The van der Waals surface area contributed by atoms with Crippen molar-refractivity contribution in [3.05, 3.63) is 0 Å². The summed E-state index contributed by atoms with van der Waals surface area (Å²) in [7, 11) is 0. The van der Waals surface area contributed by atoms with Crippen LogP contribution in [0.1, 0.15) is 105 Å². The summed E-state index contributed by atoms with van der Waals surface area (Å²) in [4.78, 5) is 23.0. The van der Waals surface area contributed by atoms with E-state index in [0.717, 1.165) is 50.0 Å². The molecule has 6 nitrogen and oxygen atoms in total. The van der Waals surface area contributed by atoms with E-state index >= 15 is 0 Å². The summed E-state index contributed by atoms with van der Waals surface area (Å²) in [5.74, 6) is 2.96. The van der Waals surface area contributed by atoms with E-state index in [2.05, 4.69) is 27.7 Å². The van der Waals surface area contributed by atoms with E-state index in [1.807, 2.05) is 0 Å². The Morgan fingerprint density at radius 2 is 1.70 bits per heavy atom. The highest BCUT2D eigenvalue weighted by Crippen LogP contribution is 2.71. The lowest BCUT2D eigenvalue weighted by Crippen LogP contribution is -2.55. The van der Waals surface area contributed by atoms with Crippen molar-refractivity contribution in [1.29, 1.82) is 0 Å². The van der Waals surface area contributed by atoms with E-state index < -0.39 is 5.97 Å². The molecule has 37 heavy (non-hydrogen) atoms. The van der Waals surface area contributed by atoms with Gasteiger partial charge in [-0.25, -0.2) is 0 Å². The van der Waals surface area contributed by atoms with E-state index in [1.54, 1.807) is 0 Å². The molecule has 0 aromatic heterocycles. The fourth-order valence-electron chi connectivity index (χ4n) is 10.8.